The predicted molar refractivity (Wildman–Crippen MR) is 337 cm³/mol. The van der Waals surface area contributed by atoms with Crippen LogP contribution in [0, 0.1) is 31.5 Å². The maximum atomic E-state index is 16.5. The molecule has 0 aliphatic heterocycles. The summed E-state index contributed by atoms with van der Waals surface area (Å²) in [5.41, 5.74) is 5.01. The Kier molecular flexibility index (Phi) is 17.2. The number of hydrogen-bond acceptors (Lipinski definition) is 10. The van der Waals surface area contributed by atoms with Crippen molar-refractivity contribution >= 4 is 40.6 Å². The molecule has 445 valence electrons. The van der Waals surface area contributed by atoms with Crippen LogP contribution in [-0.4, -0.2) is 54.5 Å². The number of methoxy groups -OCH3 is 1. The highest BCUT2D eigenvalue weighted by atomic mass is 35.5. The van der Waals surface area contributed by atoms with E-state index in [4.69, 9.17) is 54.2 Å². The van der Waals surface area contributed by atoms with Crippen molar-refractivity contribution in [3.05, 3.63) is 231 Å². The molecule has 11 aromatic rings. The lowest BCUT2D eigenvalue weighted by molar-refractivity contribution is -0.274. The summed E-state index contributed by atoms with van der Waals surface area (Å²) in [6.07, 6.45) is -3.43. The largest absolute Gasteiger partial charge is 0.573 e. The van der Waals surface area contributed by atoms with E-state index in [9.17, 15) is 20.1 Å². The second-order valence-corrected chi connectivity index (χ2v) is 21.9. The van der Waals surface area contributed by atoms with Gasteiger partial charge in [-0.25, -0.2) is 13.8 Å². The first-order valence-corrected chi connectivity index (χ1v) is 28.7. The van der Waals surface area contributed by atoms with Crippen LogP contribution in [0.1, 0.15) is 53.1 Å². The third-order valence-electron chi connectivity index (χ3n) is 15.1. The summed E-state index contributed by atoms with van der Waals surface area (Å²) < 4.78 is 89.1. The lowest BCUT2D eigenvalue weighted by Crippen LogP contribution is -2.18. The van der Waals surface area contributed by atoms with Crippen LogP contribution in [0.15, 0.2) is 170 Å². The third kappa shape index (κ3) is 11.8. The number of phenols is 1. The van der Waals surface area contributed by atoms with Gasteiger partial charge in [-0.3, -0.25) is 19.7 Å². The fourth-order valence-electron chi connectivity index (χ4n) is 11.0. The number of aromatic nitrogens is 4. The van der Waals surface area contributed by atoms with E-state index in [2.05, 4.69) is 16.0 Å². The van der Waals surface area contributed by atoms with Crippen molar-refractivity contribution in [2.75, 3.05) is 7.11 Å². The van der Waals surface area contributed by atoms with Gasteiger partial charge in [-0.05, 0) is 74.4 Å². The molecular weight excluding hydrogens is 1210 g/mol. The lowest BCUT2D eigenvalue weighted by atomic mass is 9.85. The number of ketones is 1. The molecule has 0 spiro atoms. The molecule has 0 saturated carbocycles. The molecular formula is C71H49Cl3F5N4O6. The second kappa shape index (κ2) is 25.0. The minimum Gasteiger partial charge on any atom is -0.504 e. The molecule has 18 heteroatoms. The number of ether oxygens (including phenoxy) is 2. The van der Waals surface area contributed by atoms with Crippen LogP contribution in [0.2, 0.25) is 15.1 Å². The average Bonchev–Trinajstić information content (AvgIpc) is 1.03. The number of carbonyl (C=O) groups excluding carboxylic acids is 1. The highest BCUT2D eigenvalue weighted by Crippen LogP contribution is 2.54. The average molecular weight is 1260 g/mol. The van der Waals surface area contributed by atoms with E-state index in [-0.39, 0.29) is 94.2 Å². The second-order valence-electron chi connectivity index (χ2n) is 20.8. The summed E-state index contributed by atoms with van der Waals surface area (Å²) in [5, 5.41) is 34.8. The van der Waals surface area contributed by atoms with Gasteiger partial charge in [0.05, 0.1) is 46.9 Å². The molecule has 4 aromatic heterocycles. The first-order valence-electron chi connectivity index (χ1n) is 27.5. The fraction of sp³-hybridized carbons (Fsp3) is 0.113. The molecule has 1 atom stereocenters. The Labute approximate surface area is 523 Å². The summed E-state index contributed by atoms with van der Waals surface area (Å²) >= 11 is 21.8. The summed E-state index contributed by atoms with van der Waals surface area (Å²) in [6, 6.07) is 44.0. The quantitative estimate of drug-likeness (QED) is 0.0669. The monoisotopic (exact) mass is 1250 g/mol. The number of phenolic OH excluding ortho intramolecular Hbond substituents is 1. The number of aromatic hydroxyl groups is 1. The molecule has 11 rings (SSSR count). The predicted octanol–water partition coefficient (Wildman–Crippen LogP) is 19.0. The SMILES string of the molecule is COc1c(-c2ccc(C)nc2)cccc1-c1nc(C)ccc1-c1cccc(-c2c(-c3cccc(-c4c(-c5cccc(-c6c(-c7ccc(C(C)=O)nc7)[c]c(-c7ccccc7Cl)nc6C(C)O)c5Cl)ccc(F)c4O)c3Cl)ccc(F)c2CO)c1OC(F)(F)F. The molecule has 4 heterocycles. The molecule has 10 nitrogen and oxygen atoms in total. The Bertz CT molecular complexity index is 4600. The van der Waals surface area contributed by atoms with Gasteiger partial charge in [-0.15, -0.1) is 13.2 Å². The van der Waals surface area contributed by atoms with E-state index in [1.54, 1.807) is 92.0 Å². The van der Waals surface area contributed by atoms with Gasteiger partial charge in [0, 0.05) is 136 Å². The first-order chi connectivity index (χ1) is 42.7. The van der Waals surface area contributed by atoms with E-state index in [0.29, 0.717) is 61.0 Å². The van der Waals surface area contributed by atoms with Crippen molar-refractivity contribution < 1.29 is 51.5 Å². The van der Waals surface area contributed by atoms with Gasteiger partial charge < -0.3 is 24.8 Å². The third-order valence-corrected chi connectivity index (χ3v) is 16.2. The van der Waals surface area contributed by atoms with Crippen LogP contribution in [0.25, 0.3) is 112 Å². The summed E-state index contributed by atoms with van der Waals surface area (Å²) in [7, 11) is 1.47. The number of hydrogen-bond donors (Lipinski definition) is 3. The van der Waals surface area contributed by atoms with Crippen LogP contribution >= 0.6 is 34.8 Å². The van der Waals surface area contributed by atoms with Crippen molar-refractivity contribution in [1.82, 2.24) is 19.9 Å². The molecule has 0 bridgehead atoms. The van der Waals surface area contributed by atoms with E-state index in [0.717, 1.165) is 17.8 Å². The van der Waals surface area contributed by atoms with E-state index in [1.807, 2.05) is 25.1 Å². The maximum absolute atomic E-state index is 16.5. The highest BCUT2D eigenvalue weighted by Gasteiger charge is 2.36. The minimum absolute atomic E-state index is 0.000254. The van der Waals surface area contributed by atoms with Crippen LogP contribution in [0.4, 0.5) is 22.0 Å². The number of rotatable bonds is 15. The van der Waals surface area contributed by atoms with Gasteiger partial charge in [0.1, 0.15) is 23.0 Å². The van der Waals surface area contributed by atoms with E-state index in [1.165, 1.54) is 75.7 Å². The van der Waals surface area contributed by atoms with Crippen LogP contribution in [0.3, 0.4) is 0 Å². The summed E-state index contributed by atoms with van der Waals surface area (Å²) in [4.78, 5) is 31.0. The molecule has 7 aromatic carbocycles. The van der Waals surface area contributed by atoms with Crippen molar-refractivity contribution in [3.63, 3.8) is 0 Å². The number of Topliss-reactive ketones (excluding diaryl/α,β-unsaturated/α-hetero) is 1. The molecule has 1 unspecified atom stereocenters. The van der Waals surface area contributed by atoms with Gasteiger partial charge >= 0.3 is 6.36 Å². The number of aryl methyl sites for hydroxylation is 2. The molecule has 0 aliphatic carbocycles. The molecule has 3 N–H and O–H groups in total. The zero-order chi connectivity index (χ0) is 63.2. The molecule has 0 fully saturated rings. The fourth-order valence-corrected chi connectivity index (χ4v) is 11.9. The van der Waals surface area contributed by atoms with Crippen LogP contribution < -0.4 is 9.47 Å². The molecule has 89 heavy (non-hydrogen) atoms. The van der Waals surface area contributed by atoms with Crippen molar-refractivity contribution in [3.8, 4) is 129 Å². The number of pyridine rings is 4. The summed E-state index contributed by atoms with van der Waals surface area (Å²) in [5.74, 6) is -3.62. The number of nitrogens with zero attached hydrogens (tertiary/aromatic N) is 4. The number of aliphatic hydroxyl groups is 2. The van der Waals surface area contributed by atoms with Crippen molar-refractivity contribution in [2.24, 2.45) is 0 Å². The zero-order valence-electron chi connectivity index (χ0n) is 47.8. The van der Waals surface area contributed by atoms with Gasteiger partial charge in [-0.1, -0.05) is 150 Å². The molecule has 0 amide bonds. The van der Waals surface area contributed by atoms with Crippen molar-refractivity contribution in [2.45, 2.75) is 46.8 Å². The number of benzene rings is 7. The van der Waals surface area contributed by atoms with Crippen LogP contribution in [0.5, 0.6) is 17.2 Å². The first kappa shape index (κ1) is 61.3. The van der Waals surface area contributed by atoms with Gasteiger partial charge in [0.25, 0.3) is 0 Å². The van der Waals surface area contributed by atoms with Crippen molar-refractivity contribution in [1.29, 1.82) is 0 Å². The zero-order valence-corrected chi connectivity index (χ0v) is 50.1. The summed E-state index contributed by atoms with van der Waals surface area (Å²) in [6.45, 7) is 5.45. The highest BCUT2D eigenvalue weighted by molar-refractivity contribution is 6.38. The number of para-hydroxylation sites is 2. The lowest BCUT2D eigenvalue weighted by Gasteiger charge is -2.24. The number of aliphatic hydroxyl groups excluding tert-OH is 2. The molecule has 0 aliphatic rings. The Morgan fingerprint density at radius 3 is 1.75 bits per heavy atom. The van der Waals surface area contributed by atoms with Gasteiger partial charge in [0.15, 0.2) is 17.3 Å². The maximum Gasteiger partial charge on any atom is 0.573 e. The Morgan fingerprint density at radius 1 is 0.584 bits per heavy atom. The number of halogens is 8. The molecule has 1 radical (unpaired) electrons. The Balaban J connectivity index is 1.10. The molecule has 0 saturated heterocycles. The number of alkyl halides is 3. The Hall–Kier alpha value is -9.35. The van der Waals surface area contributed by atoms with Gasteiger partial charge in [0.2, 0.25) is 0 Å². The Morgan fingerprint density at radius 2 is 1.15 bits per heavy atom. The van der Waals surface area contributed by atoms with E-state index < -0.39 is 47.8 Å². The van der Waals surface area contributed by atoms with E-state index >= 15 is 22.0 Å². The smallest absolute Gasteiger partial charge is 0.504 e. The van der Waals surface area contributed by atoms with Gasteiger partial charge in [-0.2, -0.15) is 0 Å². The normalized spacial score (nSPS) is 11.9. The minimum atomic E-state index is -5.35. The van der Waals surface area contributed by atoms with Crippen LogP contribution in [-0.2, 0) is 6.61 Å². The number of carbonyl (C=O) groups is 1. The topological polar surface area (TPSA) is 148 Å². The standard InChI is InChI=1S/C71H49Cl3F5N4O6/c1-36-22-24-40(33-80-36)42-13-8-20-53(69(42)88-5)67-47(26-23-37(2)82-67)48-16-11-19-52(70(48)89-71(77,78)79)61-43(27-29-57(75)55(61)35-84)45-14-10-18-51(65(45)74)63-44(28-30-58(76)68(63)87)46-15-9-17-50(64(46)73)62-54(41-25-31-59(38(3)85)81-34-41)32-60(83-66(62)39(4)86)49-12-6-7-21-56(49)72/h6-31,33-34,39,84,86-87H,35H2,1-5H3.